The van der Waals surface area contributed by atoms with Gasteiger partial charge in [-0.15, -0.1) is 0 Å². The lowest BCUT2D eigenvalue weighted by Gasteiger charge is -2.20. The van der Waals surface area contributed by atoms with Gasteiger partial charge in [-0.1, -0.05) is 0 Å². The molecule has 0 bridgehead atoms. The second-order valence-electron chi connectivity index (χ2n) is 5.85. The fourth-order valence-corrected chi connectivity index (χ4v) is 3.79. The minimum Gasteiger partial charge on any atom is -0.388 e. The predicted molar refractivity (Wildman–Crippen MR) is 101 cm³/mol. The molecule has 1 aromatic carbocycles. The lowest BCUT2D eigenvalue weighted by Crippen LogP contribution is -2.20. The summed E-state index contributed by atoms with van der Waals surface area (Å²) in [6.07, 6.45) is 3.67. The third-order valence-electron chi connectivity index (χ3n) is 3.92. The van der Waals surface area contributed by atoms with Crippen LogP contribution in [0.3, 0.4) is 0 Å². The van der Waals surface area contributed by atoms with Gasteiger partial charge in [0.1, 0.15) is 4.90 Å². The van der Waals surface area contributed by atoms with Crippen molar-refractivity contribution >= 4 is 25.9 Å². The number of rotatable bonds is 5. The molecule has 1 heterocycles. The third-order valence-corrected chi connectivity index (χ3v) is 5.67. The maximum absolute atomic E-state index is 11.7. The van der Waals surface area contributed by atoms with E-state index in [-0.39, 0.29) is 5.69 Å². The molecule has 2 rings (SSSR count). The Balaban J connectivity index is 2.64. The van der Waals surface area contributed by atoms with Crippen molar-refractivity contribution in [3.05, 3.63) is 53.0 Å². The standard InChI is InChI=1S/C16H21N3O6S2/c1-10-8-15(11(2)13(17-3)6-7-18-10)19-14-5-4-12(26(20,21)22)9-16(14)27(23,24)25/h4-6,8-9,17-19H,7H2,1-3H3,(H,20,21,22)(H,23,24,25). The number of hydrogen-bond donors (Lipinski definition) is 5. The zero-order valence-corrected chi connectivity index (χ0v) is 16.6. The molecule has 0 fully saturated rings. The van der Waals surface area contributed by atoms with Crippen LogP contribution in [-0.2, 0) is 20.2 Å². The van der Waals surface area contributed by atoms with Gasteiger partial charge >= 0.3 is 0 Å². The van der Waals surface area contributed by atoms with Crippen LogP contribution in [-0.4, -0.2) is 39.5 Å². The SMILES string of the molecule is CNC1=CCNC(C)=CC(Nc2ccc(S(=O)(=O)O)cc2S(=O)(=O)O)=C1C. The number of likely N-dealkylation sites (N-methyl/N-ethyl adjacent to an activating group) is 1. The monoisotopic (exact) mass is 415 g/mol. The number of hydrogen-bond acceptors (Lipinski definition) is 7. The van der Waals surface area contributed by atoms with Crippen molar-refractivity contribution in [3.8, 4) is 0 Å². The van der Waals surface area contributed by atoms with Crippen LogP contribution in [0.1, 0.15) is 13.8 Å². The molecule has 27 heavy (non-hydrogen) atoms. The van der Waals surface area contributed by atoms with Crippen molar-refractivity contribution in [1.82, 2.24) is 10.6 Å². The molecule has 1 aliphatic heterocycles. The second kappa shape index (κ2) is 7.72. The van der Waals surface area contributed by atoms with Gasteiger partial charge in [-0.3, -0.25) is 9.11 Å². The zero-order valence-electron chi connectivity index (χ0n) is 14.9. The summed E-state index contributed by atoms with van der Waals surface area (Å²) in [6, 6.07) is 2.88. The van der Waals surface area contributed by atoms with E-state index in [1.165, 1.54) is 0 Å². The number of benzene rings is 1. The highest BCUT2D eigenvalue weighted by Gasteiger charge is 2.21. The number of allylic oxidation sites excluding steroid dienone is 3. The minimum atomic E-state index is -4.76. The van der Waals surface area contributed by atoms with Gasteiger partial charge in [0, 0.05) is 30.7 Å². The molecule has 5 N–H and O–H groups in total. The molecule has 0 aromatic heterocycles. The van der Waals surface area contributed by atoms with Crippen LogP contribution in [0, 0.1) is 0 Å². The Morgan fingerprint density at radius 1 is 1.07 bits per heavy atom. The summed E-state index contributed by atoms with van der Waals surface area (Å²) < 4.78 is 64.7. The molecule has 0 unspecified atom stereocenters. The maximum Gasteiger partial charge on any atom is 0.296 e. The van der Waals surface area contributed by atoms with Crippen LogP contribution < -0.4 is 16.0 Å². The lowest BCUT2D eigenvalue weighted by molar-refractivity contribution is 0.481. The topological polar surface area (TPSA) is 145 Å². The predicted octanol–water partition coefficient (Wildman–Crippen LogP) is 1.48. The van der Waals surface area contributed by atoms with Crippen molar-refractivity contribution in [2.24, 2.45) is 0 Å². The van der Waals surface area contributed by atoms with Crippen molar-refractivity contribution in [2.45, 2.75) is 23.6 Å². The Morgan fingerprint density at radius 2 is 1.74 bits per heavy atom. The Morgan fingerprint density at radius 3 is 2.30 bits per heavy atom. The minimum absolute atomic E-state index is 0.0423. The van der Waals surface area contributed by atoms with E-state index in [1.54, 1.807) is 13.1 Å². The molecule has 0 saturated heterocycles. The highest BCUT2D eigenvalue weighted by molar-refractivity contribution is 7.86. The van der Waals surface area contributed by atoms with Gasteiger partial charge in [-0.2, -0.15) is 16.8 Å². The van der Waals surface area contributed by atoms with Crippen LogP contribution in [0.15, 0.2) is 62.8 Å². The first-order valence-electron chi connectivity index (χ1n) is 7.81. The fraction of sp³-hybridized carbons (Fsp3) is 0.250. The molecule has 9 nitrogen and oxygen atoms in total. The molecule has 0 saturated carbocycles. The Hall–Kier alpha value is -2.34. The lowest BCUT2D eigenvalue weighted by atomic mass is 10.1. The van der Waals surface area contributed by atoms with Crippen LogP contribution in [0.4, 0.5) is 5.69 Å². The average Bonchev–Trinajstić information content (AvgIpc) is 2.55. The highest BCUT2D eigenvalue weighted by atomic mass is 32.2. The second-order valence-corrected chi connectivity index (χ2v) is 8.66. The summed E-state index contributed by atoms with van der Waals surface area (Å²) in [7, 11) is -7.65. The highest BCUT2D eigenvalue weighted by Crippen LogP contribution is 2.28. The summed E-state index contributed by atoms with van der Waals surface area (Å²) in [5.41, 5.74) is 2.88. The van der Waals surface area contributed by atoms with Gasteiger partial charge in [-0.25, -0.2) is 0 Å². The fourth-order valence-electron chi connectivity index (χ4n) is 2.53. The molecular weight excluding hydrogens is 394 g/mol. The van der Waals surface area contributed by atoms with E-state index in [9.17, 15) is 21.4 Å². The summed E-state index contributed by atoms with van der Waals surface area (Å²) in [4.78, 5) is -1.32. The van der Waals surface area contributed by atoms with Gasteiger partial charge in [-0.05, 0) is 49.8 Å². The molecule has 0 atom stereocenters. The maximum atomic E-state index is 11.7. The van der Waals surface area contributed by atoms with Crippen molar-refractivity contribution < 1.29 is 25.9 Å². The molecule has 148 valence electrons. The van der Waals surface area contributed by atoms with E-state index in [2.05, 4.69) is 16.0 Å². The van der Waals surface area contributed by atoms with Crippen LogP contribution in [0.5, 0.6) is 0 Å². The molecule has 0 amide bonds. The largest absolute Gasteiger partial charge is 0.388 e. The van der Waals surface area contributed by atoms with Crippen molar-refractivity contribution in [3.63, 3.8) is 0 Å². The Labute approximate surface area is 158 Å². The van der Waals surface area contributed by atoms with Gasteiger partial charge in [0.25, 0.3) is 20.2 Å². The molecule has 11 heteroatoms. The van der Waals surface area contributed by atoms with Crippen LogP contribution in [0.25, 0.3) is 0 Å². The van der Waals surface area contributed by atoms with E-state index in [1.807, 2.05) is 19.9 Å². The van der Waals surface area contributed by atoms with Crippen molar-refractivity contribution in [2.75, 3.05) is 18.9 Å². The summed E-state index contributed by atoms with van der Waals surface area (Å²) in [6.45, 7) is 4.25. The molecule has 1 aromatic rings. The van der Waals surface area contributed by atoms with Gasteiger partial charge < -0.3 is 16.0 Å². The first-order chi connectivity index (χ1) is 12.4. The van der Waals surface area contributed by atoms with Crippen LogP contribution in [0.2, 0.25) is 0 Å². The van der Waals surface area contributed by atoms with Crippen molar-refractivity contribution in [1.29, 1.82) is 0 Å². The van der Waals surface area contributed by atoms with E-state index < -0.39 is 30.0 Å². The van der Waals surface area contributed by atoms with E-state index in [0.29, 0.717) is 18.3 Å². The van der Waals surface area contributed by atoms with E-state index in [4.69, 9.17) is 4.55 Å². The first kappa shape index (κ1) is 21.0. The Bertz CT molecular complexity index is 1050. The van der Waals surface area contributed by atoms with Gasteiger partial charge in [0.15, 0.2) is 0 Å². The molecule has 1 aliphatic rings. The smallest absolute Gasteiger partial charge is 0.296 e. The molecular formula is C16H21N3O6S2. The first-order valence-corrected chi connectivity index (χ1v) is 10.7. The number of nitrogens with one attached hydrogen (secondary N) is 3. The van der Waals surface area contributed by atoms with E-state index >= 15 is 0 Å². The Kier molecular flexibility index (Phi) is 6.00. The quantitative estimate of drug-likeness (QED) is 0.451. The van der Waals surface area contributed by atoms with E-state index in [0.717, 1.165) is 29.1 Å². The summed E-state index contributed by atoms with van der Waals surface area (Å²) in [5.74, 6) is 0. The van der Waals surface area contributed by atoms with Crippen LogP contribution >= 0.6 is 0 Å². The normalized spacial score (nSPS) is 15.9. The summed E-state index contributed by atoms with van der Waals surface area (Å²) in [5, 5.41) is 9.10. The average molecular weight is 415 g/mol. The third kappa shape index (κ3) is 5.10. The summed E-state index contributed by atoms with van der Waals surface area (Å²) >= 11 is 0. The molecule has 0 spiro atoms. The molecule has 0 radical (unpaired) electrons. The van der Waals surface area contributed by atoms with Gasteiger partial charge in [0.2, 0.25) is 0 Å². The zero-order chi connectivity index (χ0) is 20.4. The molecule has 0 aliphatic carbocycles. The number of anilines is 1. The van der Waals surface area contributed by atoms with Gasteiger partial charge in [0.05, 0.1) is 10.6 Å².